The Morgan fingerprint density at radius 3 is 1.63 bits per heavy atom. The first-order valence-electron chi connectivity index (χ1n) is 12.8. The van der Waals surface area contributed by atoms with Crippen LogP contribution in [0.3, 0.4) is 0 Å². The van der Waals surface area contributed by atoms with Crippen molar-refractivity contribution in [2.24, 2.45) is 0 Å². The standard InChI is InChI=1S/C31H33ClN2O4/c1-4-24-20(2)28(30(35)37-18-22-11-7-5-8-12-22)33-26(24)17-27-25(15-16-32)21(3)29(34-27)31(36)38-19-23-13-9-6-10-14-23/h5-14,33-34H,4,15-19H2,1-3H3. The molecule has 0 aliphatic carbocycles. The van der Waals surface area contributed by atoms with Gasteiger partial charge in [-0.25, -0.2) is 9.59 Å². The second-order valence-corrected chi connectivity index (χ2v) is 9.63. The number of aromatic nitrogens is 2. The molecule has 0 amide bonds. The van der Waals surface area contributed by atoms with Crippen LogP contribution in [-0.2, 0) is 41.9 Å². The third-order valence-corrected chi connectivity index (χ3v) is 7.01. The van der Waals surface area contributed by atoms with Gasteiger partial charge in [-0.1, -0.05) is 67.6 Å². The number of aromatic amines is 2. The molecule has 2 N–H and O–H groups in total. The van der Waals surface area contributed by atoms with Gasteiger partial charge in [-0.15, -0.1) is 11.6 Å². The largest absolute Gasteiger partial charge is 0.456 e. The minimum absolute atomic E-state index is 0.197. The van der Waals surface area contributed by atoms with Gasteiger partial charge in [0.05, 0.1) is 0 Å². The van der Waals surface area contributed by atoms with Gasteiger partial charge in [0.25, 0.3) is 0 Å². The summed E-state index contributed by atoms with van der Waals surface area (Å²) in [6, 6.07) is 19.2. The number of benzene rings is 2. The molecule has 2 aromatic carbocycles. The van der Waals surface area contributed by atoms with Crippen molar-refractivity contribution in [3.05, 3.63) is 117 Å². The molecule has 4 rings (SSSR count). The molecular formula is C31H33ClN2O4. The fourth-order valence-corrected chi connectivity index (χ4v) is 4.97. The molecular weight excluding hydrogens is 500 g/mol. The first-order valence-corrected chi connectivity index (χ1v) is 13.3. The Hall–Kier alpha value is -3.77. The monoisotopic (exact) mass is 532 g/mol. The Bertz CT molecular complexity index is 1390. The van der Waals surface area contributed by atoms with Crippen LogP contribution < -0.4 is 0 Å². The topological polar surface area (TPSA) is 84.2 Å². The van der Waals surface area contributed by atoms with E-state index < -0.39 is 5.97 Å². The maximum Gasteiger partial charge on any atom is 0.355 e. The maximum absolute atomic E-state index is 13.0. The SMILES string of the molecule is CCc1c(Cc2[nH]c(C(=O)OCc3ccccc3)c(C)c2CCCl)[nH]c(C(=O)OCc2ccccc2)c1C. The van der Waals surface area contributed by atoms with Crippen LogP contribution in [0, 0.1) is 13.8 Å². The lowest BCUT2D eigenvalue weighted by Crippen LogP contribution is -2.08. The second-order valence-electron chi connectivity index (χ2n) is 9.26. The average molecular weight is 533 g/mol. The number of carbonyl (C=O) groups is 2. The molecule has 0 aliphatic rings. The maximum atomic E-state index is 13.0. The van der Waals surface area contributed by atoms with Gasteiger partial charge in [0, 0.05) is 23.7 Å². The molecule has 4 aromatic rings. The lowest BCUT2D eigenvalue weighted by molar-refractivity contribution is 0.0457. The van der Waals surface area contributed by atoms with Gasteiger partial charge in [-0.3, -0.25) is 0 Å². The van der Waals surface area contributed by atoms with Crippen molar-refractivity contribution < 1.29 is 19.1 Å². The average Bonchev–Trinajstić information content (AvgIpc) is 3.42. The fourth-order valence-electron chi connectivity index (χ4n) is 4.78. The van der Waals surface area contributed by atoms with E-state index in [2.05, 4.69) is 16.9 Å². The Morgan fingerprint density at radius 2 is 1.18 bits per heavy atom. The number of esters is 2. The van der Waals surface area contributed by atoms with Gasteiger partial charge < -0.3 is 19.4 Å². The molecule has 2 heterocycles. The summed E-state index contributed by atoms with van der Waals surface area (Å²) < 4.78 is 11.2. The zero-order valence-electron chi connectivity index (χ0n) is 22.0. The quantitative estimate of drug-likeness (QED) is 0.168. The first-order chi connectivity index (χ1) is 18.4. The summed E-state index contributed by atoms with van der Waals surface area (Å²) in [5, 5.41) is 0. The number of hydrogen-bond acceptors (Lipinski definition) is 4. The zero-order valence-corrected chi connectivity index (χ0v) is 22.8. The number of nitrogens with one attached hydrogen (secondary N) is 2. The van der Waals surface area contributed by atoms with Crippen molar-refractivity contribution in [3.63, 3.8) is 0 Å². The van der Waals surface area contributed by atoms with Crippen LogP contribution in [0.4, 0.5) is 0 Å². The minimum atomic E-state index is -0.406. The van der Waals surface area contributed by atoms with E-state index in [1.165, 1.54) is 0 Å². The highest BCUT2D eigenvalue weighted by atomic mass is 35.5. The van der Waals surface area contributed by atoms with E-state index in [-0.39, 0.29) is 19.2 Å². The number of halogens is 1. The van der Waals surface area contributed by atoms with Crippen LogP contribution in [0.25, 0.3) is 0 Å². The minimum Gasteiger partial charge on any atom is -0.456 e. The highest BCUT2D eigenvalue weighted by Gasteiger charge is 2.24. The van der Waals surface area contributed by atoms with Crippen molar-refractivity contribution >= 4 is 23.5 Å². The Balaban J connectivity index is 1.55. The highest BCUT2D eigenvalue weighted by molar-refractivity contribution is 6.18. The molecule has 0 radical (unpaired) electrons. The van der Waals surface area contributed by atoms with E-state index in [0.29, 0.717) is 30.1 Å². The molecule has 0 saturated carbocycles. The van der Waals surface area contributed by atoms with Gasteiger partial charge in [0.1, 0.15) is 24.6 Å². The number of H-pyrrole nitrogens is 2. The summed E-state index contributed by atoms with van der Waals surface area (Å²) >= 11 is 6.13. The summed E-state index contributed by atoms with van der Waals surface area (Å²) in [5.74, 6) is -0.371. The summed E-state index contributed by atoms with van der Waals surface area (Å²) in [6.45, 7) is 6.31. The number of alkyl halides is 1. The van der Waals surface area contributed by atoms with Crippen LogP contribution in [0.1, 0.15) is 72.7 Å². The van der Waals surface area contributed by atoms with E-state index in [0.717, 1.165) is 51.2 Å². The molecule has 0 fully saturated rings. The van der Waals surface area contributed by atoms with E-state index in [1.54, 1.807) is 0 Å². The molecule has 6 nitrogen and oxygen atoms in total. The Kier molecular flexibility index (Phi) is 9.08. The molecule has 0 bridgehead atoms. The molecule has 38 heavy (non-hydrogen) atoms. The van der Waals surface area contributed by atoms with Gasteiger partial charge in [0.2, 0.25) is 0 Å². The van der Waals surface area contributed by atoms with Crippen molar-refractivity contribution in [2.75, 3.05) is 5.88 Å². The second kappa shape index (κ2) is 12.7. The summed E-state index contributed by atoms with van der Waals surface area (Å²) in [5.41, 5.74) is 8.31. The van der Waals surface area contributed by atoms with E-state index >= 15 is 0 Å². The molecule has 0 spiro atoms. The van der Waals surface area contributed by atoms with E-state index in [9.17, 15) is 9.59 Å². The molecule has 0 atom stereocenters. The third kappa shape index (κ3) is 6.20. The third-order valence-electron chi connectivity index (χ3n) is 6.82. The Labute approximate surface area is 228 Å². The zero-order chi connectivity index (χ0) is 27.1. The summed E-state index contributed by atoms with van der Waals surface area (Å²) in [4.78, 5) is 32.5. The normalized spacial score (nSPS) is 10.9. The van der Waals surface area contributed by atoms with Crippen LogP contribution in [0.5, 0.6) is 0 Å². The number of carbonyl (C=O) groups excluding carboxylic acids is 2. The number of rotatable bonds is 11. The van der Waals surface area contributed by atoms with Crippen molar-refractivity contribution in [2.45, 2.75) is 53.2 Å². The van der Waals surface area contributed by atoms with Crippen LogP contribution in [0.15, 0.2) is 60.7 Å². The fraction of sp³-hybridized carbons (Fsp3) is 0.290. The van der Waals surface area contributed by atoms with Gasteiger partial charge in [0.15, 0.2) is 0 Å². The number of ether oxygens (including phenoxy) is 2. The van der Waals surface area contributed by atoms with Crippen molar-refractivity contribution in [3.8, 4) is 0 Å². The van der Waals surface area contributed by atoms with Gasteiger partial charge >= 0.3 is 11.9 Å². The van der Waals surface area contributed by atoms with E-state index in [4.69, 9.17) is 21.1 Å². The van der Waals surface area contributed by atoms with Crippen LogP contribution >= 0.6 is 11.6 Å². The summed E-state index contributed by atoms with van der Waals surface area (Å²) in [7, 11) is 0. The van der Waals surface area contributed by atoms with Gasteiger partial charge in [-0.2, -0.15) is 0 Å². The lowest BCUT2D eigenvalue weighted by atomic mass is 10.0. The Morgan fingerprint density at radius 1 is 0.737 bits per heavy atom. The molecule has 2 aromatic heterocycles. The predicted molar refractivity (Wildman–Crippen MR) is 149 cm³/mol. The van der Waals surface area contributed by atoms with Crippen LogP contribution in [0.2, 0.25) is 0 Å². The van der Waals surface area contributed by atoms with Crippen molar-refractivity contribution in [1.82, 2.24) is 9.97 Å². The molecule has 0 aliphatic heterocycles. The summed E-state index contributed by atoms with van der Waals surface area (Å²) in [6.07, 6.45) is 1.85. The lowest BCUT2D eigenvalue weighted by Gasteiger charge is -2.05. The molecule has 7 heteroatoms. The number of hydrogen-bond donors (Lipinski definition) is 2. The highest BCUT2D eigenvalue weighted by Crippen LogP contribution is 2.27. The molecule has 198 valence electrons. The smallest absolute Gasteiger partial charge is 0.355 e. The van der Waals surface area contributed by atoms with E-state index in [1.807, 2.05) is 74.5 Å². The first kappa shape index (κ1) is 27.3. The molecule has 0 unspecified atom stereocenters. The molecule has 0 saturated heterocycles. The van der Waals surface area contributed by atoms with Gasteiger partial charge in [-0.05, 0) is 60.1 Å². The van der Waals surface area contributed by atoms with Crippen LogP contribution in [-0.4, -0.2) is 27.8 Å². The predicted octanol–water partition coefficient (Wildman–Crippen LogP) is 6.61. The van der Waals surface area contributed by atoms with Crippen molar-refractivity contribution in [1.29, 1.82) is 0 Å².